The van der Waals surface area contributed by atoms with E-state index in [0.717, 1.165) is 55.9 Å². The first-order chi connectivity index (χ1) is 27.8. The van der Waals surface area contributed by atoms with E-state index in [-0.39, 0.29) is 0 Å². The number of aromatic nitrogens is 6. The molecule has 0 N–H and O–H groups in total. The Morgan fingerprint density at radius 3 is 1.48 bits per heavy atom. The van der Waals surface area contributed by atoms with Crippen molar-refractivity contribution < 1.29 is 0 Å². The molecular formula is C50H32N6. The molecule has 0 amide bonds. The Balaban J connectivity index is 1.12. The highest BCUT2D eigenvalue weighted by atomic mass is 15.1. The van der Waals surface area contributed by atoms with Crippen LogP contribution >= 0.6 is 0 Å². The lowest BCUT2D eigenvalue weighted by molar-refractivity contribution is 1.05. The highest BCUT2D eigenvalue weighted by Gasteiger charge is 2.20. The summed E-state index contributed by atoms with van der Waals surface area (Å²) in [6.07, 6.45) is 1.85. The molecule has 0 fully saturated rings. The monoisotopic (exact) mass is 716 g/mol. The van der Waals surface area contributed by atoms with Crippen molar-refractivity contribution in [3.05, 3.63) is 194 Å². The van der Waals surface area contributed by atoms with Gasteiger partial charge in [0.2, 0.25) is 0 Å². The van der Waals surface area contributed by atoms with Gasteiger partial charge in [-0.25, -0.2) is 19.9 Å². The molecule has 0 aliphatic rings. The first kappa shape index (κ1) is 31.8. The summed E-state index contributed by atoms with van der Waals surface area (Å²) in [5.41, 5.74) is 10.5. The molecule has 262 valence electrons. The number of nitrogens with zero attached hydrogens (tertiary/aromatic N) is 6. The normalized spacial score (nSPS) is 11.6. The van der Waals surface area contributed by atoms with Crippen molar-refractivity contribution in [2.24, 2.45) is 0 Å². The molecule has 6 heteroatoms. The predicted octanol–water partition coefficient (Wildman–Crippen LogP) is 12.1. The number of para-hydroxylation sites is 3. The van der Waals surface area contributed by atoms with E-state index in [4.69, 9.17) is 19.9 Å². The van der Waals surface area contributed by atoms with Crippen LogP contribution in [0.25, 0.3) is 100 Å². The molecule has 7 aromatic carbocycles. The maximum Gasteiger partial charge on any atom is 0.164 e. The van der Waals surface area contributed by atoms with E-state index in [0.29, 0.717) is 17.5 Å². The van der Waals surface area contributed by atoms with Crippen LogP contribution in [0.5, 0.6) is 0 Å². The number of rotatable bonds is 6. The van der Waals surface area contributed by atoms with Crippen LogP contribution in [0.1, 0.15) is 0 Å². The van der Waals surface area contributed by atoms with E-state index in [2.05, 4.69) is 155 Å². The van der Waals surface area contributed by atoms with Gasteiger partial charge in [-0.05, 0) is 65.7 Å². The second kappa shape index (κ2) is 13.0. The van der Waals surface area contributed by atoms with Crippen LogP contribution in [0.3, 0.4) is 0 Å². The number of pyridine rings is 1. The van der Waals surface area contributed by atoms with Crippen molar-refractivity contribution in [2.45, 2.75) is 0 Å². The lowest BCUT2D eigenvalue weighted by Gasteiger charge is -2.12. The minimum absolute atomic E-state index is 0.579. The van der Waals surface area contributed by atoms with E-state index < -0.39 is 0 Å². The number of fused-ring (bicyclic) bond motifs is 6. The van der Waals surface area contributed by atoms with Crippen LogP contribution in [-0.4, -0.2) is 29.1 Å². The van der Waals surface area contributed by atoms with Crippen molar-refractivity contribution in [3.8, 4) is 56.8 Å². The second-order valence-corrected chi connectivity index (χ2v) is 13.9. The van der Waals surface area contributed by atoms with Crippen molar-refractivity contribution >= 4 is 43.6 Å². The summed E-state index contributed by atoms with van der Waals surface area (Å²) in [7, 11) is 0. The highest BCUT2D eigenvalue weighted by molar-refractivity contribution is 6.19. The quantitative estimate of drug-likeness (QED) is 0.172. The number of hydrogen-bond acceptors (Lipinski definition) is 4. The number of hydrogen-bond donors (Lipinski definition) is 0. The summed E-state index contributed by atoms with van der Waals surface area (Å²) in [6.45, 7) is 0. The molecule has 11 aromatic rings. The summed E-state index contributed by atoms with van der Waals surface area (Å²) in [5.74, 6) is 2.58. The largest absolute Gasteiger partial charge is 0.309 e. The maximum atomic E-state index is 5.13. The number of benzene rings is 7. The van der Waals surface area contributed by atoms with E-state index >= 15 is 0 Å². The molecule has 0 saturated heterocycles. The maximum absolute atomic E-state index is 5.13. The van der Waals surface area contributed by atoms with Gasteiger partial charge in [-0.2, -0.15) is 0 Å². The molecule has 0 bridgehead atoms. The Kier molecular flexibility index (Phi) is 7.38. The summed E-state index contributed by atoms with van der Waals surface area (Å²) < 4.78 is 4.63. The van der Waals surface area contributed by atoms with Gasteiger partial charge in [0.15, 0.2) is 17.5 Å². The van der Waals surface area contributed by atoms with Gasteiger partial charge < -0.3 is 4.57 Å². The fourth-order valence-electron chi connectivity index (χ4n) is 8.03. The van der Waals surface area contributed by atoms with Crippen molar-refractivity contribution in [3.63, 3.8) is 0 Å². The summed E-state index contributed by atoms with van der Waals surface area (Å²) in [5, 5.41) is 4.77. The molecule has 56 heavy (non-hydrogen) atoms. The van der Waals surface area contributed by atoms with Crippen LogP contribution < -0.4 is 0 Å². The van der Waals surface area contributed by atoms with Gasteiger partial charge in [0.1, 0.15) is 5.82 Å². The summed E-state index contributed by atoms with van der Waals surface area (Å²) in [4.78, 5) is 20.2. The zero-order valence-electron chi connectivity index (χ0n) is 30.2. The third kappa shape index (κ3) is 5.27. The SMILES string of the molecule is c1ccc(-c2cccc(-c3nc(-c4ccccc4)nc(-c4ccnc(-n5c6ccccc6c6cc7c8ccccc8n(-c8ccccc8)c7cc65)c4)n3)c2)cc1. The predicted molar refractivity (Wildman–Crippen MR) is 228 cm³/mol. The van der Waals surface area contributed by atoms with Gasteiger partial charge in [0.05, 0.1) is 22.1 Å². The standard InChI is InChI=1S/C50H32N6/c1-4-15-33(16-5-1)35-19-14-20-36(29-35)49-52-48(34-17-6-2-7-18-34)53-50(54-49)37-27-28-51-47(30-37)56-44-26-13-11-24-40(44)42-31-41-39-23-10-12-25-43(39)55(45(41)32-46(42)56)38-21-8-3-9-22-38/h1-32H. The molecule has 0 aliphatic heterocycles. The Hall–Kier alpha value is -7.70. The minimum Gasteiger partial charge on any atom is -0.309 e. The van der Waals surface area contributed by atoms with E-state index in [1.807, 2.05) is 48.7 Å². The molecule has 0 aliphatic carbocycles. The highest BCUT2D eigenvalue weighted by Crippen LogP contribution is 2.40. The molecule has 0 spiro atoms. The molecule has 0 radical (unpaired) electrons. The Morgan fingerprint density at radius 1 is 0.304 bits per heavy atom. The van der Waals surface area contributed by atoms with Crippen molar-refractivity contribution in [1.82, 2.24) is 29.1 Å². The first-order valence-electron chi connectivity index (χ1n) is 18.7. The van der Waals surface area contributed by atoms with E-state index in [9.17, 15) is 0 Å². The summed E-state index contributed by atoms with van der Waals surface area (Å²) >= 11 is 0. The third-order valence-corrected chi connectivity index (χ3v) is 10.6. The smallest absolute Gasteiger partial charge is 0.164 e. The average molecular weight is 717 g/mol. The molecule has 0 saturated carbocycles. The fraction of sp³-hybridized carbons (Fsp3) is 0. The van der Waals surface area contributed by atoms with Crippen LogP contribution in [0.2, 0.25) is 0 Å². The molecule has 4 heterocycles. The molecule has 6 nitrogen and oxygen atoms in total. The van der Waals surface area contributed by atoms with E-state index in [1.165, 1.54) is 27.1 Å². The molecule has 0 unspecified atom stereocenters. The van der Waals surface area contributed by atoms with Gasteiger partial charge in [0.25, 0.3) is 0 Å². The van der Waals surface area contributed by atoms with Gasteiger partial charge in [-0.3, -0.25) is 4.57 Å². The Bertz CT molecular complexity index is 3240. The van der Waals surface area contributed by atoms with Gasteiger partial charge in [-0.15, -0.1) is 0 Å². The van der Waals surface area contributed by atoms with Gasteiger partial charge >= 0.3 is 0 Å². The molecular weight excluding hydrogens is 685 g/mol. The fourth-order valence-corrected chi connectivity index (χ4v) is 8.03. The van der Waals surface area contributed by atoms with Crippen molar-refractivity contribution in [1.29, 1.82) is 0 Å². The molecule has 11 rings (SSSR count). The van der Waals surface area contributed by atoms with Crippen LogP contribution in [0.4, 0.5) is 0 Å². The van der Waals surface area contributed by atoms with Gasteiger partial charge in [-0.1, -0.05) is 133 Å². The Labute approximate surface area is 322 Å². The van der Waals surface area contributed by atoms with Crippen LogP contribution in [0.15, 0.2) is 194 Å². The average Bonchev–Trinajstić information content (AvgIpc) is 3.78. The Morgan fingerprint density at radius 2 is 0.804 bits per heavy atom. The third-order valence-electron chi connectivity index (χ3n) is 10.6. The lowest BCUT2D eigenvalue weighted by atomic mass is 10.0. The minimum atomic E-state index is 0.579. The first-order valence-corrected chi connectivity index (χ1v) is 18.7. The second-order valence-electron chi connectivity index (χ2n) is 13.9. The molecule has 0 atom stereocenters. The molecule has 4 aromatic heterocycles. The summed E-state index contributed by atoms with van der Waals surface area (Å²) in [6, 6.07) is 65.4. The zero-order chi connectivity index (χ0) is 37.0. The lowest BCUT2D eigenvalue weighted by Crippen LogP contribution is -2.02. The van der Waals surface area contributed by atoms with Gasteiger partial charge in [0, 0.05) is 50.1 Å². The van der Waals surface area contributed by atoms with Crippen LogP contribution in [0, 0.1) is 0 Å². The topological polar surface area (TPSA) is 61.4 Å². The van der Waals surface area contributed by atoms with Crippen molar-refractivity contribution in [2.75, 3.05) is 0 Å². The zero-order valence-corrected chi connectivity index (χ0v) is 30.2. The van der Waals surface area contributed by atoms with Crippen LogP contribution in [-0.2, 0) is 0 Å². The van der Waals surface area contributed by atoms with E-state index in [1.54, 1.807) is 0 Å².